The Labute approximate surface area is 164 Å². The van der Waals surface area contributed by atoms with Gasteiger partial charge in [0.2, 0.25) is 0 Å². The van der Waals surface area contributed by atoms with Crippen molar-refractivity contribution < 1.29 is 0 Å². The van der Waals surface area contributed by atoms with E-state index in [0.717, 1.165) is 0 Å². The second kappa shape index (κ2) is 6.29. The molecule has 5 aromatic rings. The van der Waals surface area contributed by atoms with E-state index >= 15 is 0 Å². The zero-order valence-corrected chi connectivity index (χ0v) is 16.4. The Morgan fingerprint density at radius 2 is 1.25 bits per heavy atom. The Balaban J connectivity index is 1.91. The van der Waals surface area contributed by atoms with Crippen LogP contribution in [0.15, 0.2) is 84.9 Å². The summed E-state index contributed by atoms with van der Waals surface area (Å²) in [5.41, 5.74) is 3.05. The van der Waals surface area contributed by atoms with Crippen molar-refractivity contribution in [2.24, 2.45) is 0 Å². The Morgan fingerprint density at radius 1 is 0.679 bits per heavy atom. The van der Waals surface area contributed by atoms with Gasteiger partial charge in [0.15, 0.2) is 0 Å². The van der Waals surface area contributed by atoms with Crippen molar-refractivity contribution in [3.8, 4) is 0 Å². The molecule has 0 saturated carbocycles. The highest BCUT2D eigenvalue weighted by Crippen LogP contribution is 2.44. The summed E-state index contributed by atoms with van der Waals surface area (Å²) in [7, 11) is -0.570. The summed E-state index contributed by atoms with van der Waals surface area (Å²) < 4.78 is 7.82. The maximum atomic E-state index is 3.91. The summed E-state index contributed by atoms with van der Waals surface area (Å²) in [6.07, 6.45) is 7.11. The molecule has 1 atom stereocenters. The van der Waals surface area contributed by atoms with E-state index in [1.807, 2.05) is 0 Å². The largest absolute Gasteiger partial charge is 0.332 e. The Kier molecular flexibility index (Phi) is 3.60. The highest BCUT2D eigenvalue weighted by atomic mass is 31.1. The Hall–Kier alpha value is -2.96. The monoisotopic (exact) mass is 380 g/mol. The van der Waals surface area contributed by atoms with Gasteiger partial charge in [-0.2, -0.15) is 0 Å². The van der Waals surface area contributed by atoms with E-state index in [4.69, 9.17) is 0 Å². The second-order valence-corrected chi connectivity index (χ2v) is 9.44. The number of H-pyrrole nitrogens is 2. The van der Waals surface area contributed by atoms with Gasteiger partial charge in [-0.05, 0) is 46.5 Å². The molecule has 0 spiro atoms. The zero-order valence-electron chi connectivity index (χ0n) is 15.5. The number of benzene rings is 4. The van der Waals surface area contributed by atoms with Gasteiger partial charge in [0.1, 0.15) is 0 Å². The van der Waals surface area contributed by atoms with Gasteiger partial charge in [-0.25, -0.2) is 0 Å². The smallest absolute Gasteiger partial charge is 0.0507 e. The van der Waals surface area contributed by atoms with E-state index in [9.17, 15) is 0 Å². The first-order chi connectivity index (χ1) is 13.9. The number of hydrogen-bond donors (Lipinski definition) is 2. The first-order valence-electron chi connectivity index (χ1n) is 9.91. The molecule has 28 heavy (non-hydrogen) atoms. The molecule has 4 aromatic carbocycles. The van der Waals surface area contributed by atoms with E-state index in [0.29, 0.717) is 5.66 Å². The lowest BCUT2D eigenvalue weighted by Crippen LogP contribution is -1.82. The van der Waals surface area contributed by atoms with Crippen LogP contribution in [0.25, 0.3) is 43.4 Å². The summed E-state index contributed by atoms with van der Waals surface area (Å²) in [5.74, 6) is 0. The predicted molar refractivity (Wildman–Crippen MR) is 123 cm³/mol. The number of fused-ring (bicyclic) bond motifs is 7. The topological polar surface area (TPSA) is 31.6 Å². The fourth-order valence-electron chi connectivity index (χ4n) is 4.55. The van der Waals surface area contributed by atoms with Crippen LogP contribution in [0, 0.1) is 0 Å². The average Bonchev–Trinajstić information content (AvgIpc) is 3.22. The molecule has 0 unspecified atom stereocenters. The van der Waals surface area contributed by atoms with E-state index in [-0.39, 0.29) is 0 Å². The molecular weight excluding hydrogens is 359 g/mol. The number of nitrogens with one attached hydrogen (secondary N) is 2. The van der Waals surface area contributed by atoms with Crippen molar-refractivity contribution in [1.82, 2.24) is 9.49 Å². The second-order valence-electron chi connectivity index (χ2n) is 7.58. The summed E-state index contributed by atoms with van der Waals surface area (Å²) in [6.45, 7) is 0. The molecule has 0 radical (unpaired) electrons. The maximum absolute atomic E-state index is 3.91. The van der Waals surface area contributed by atoms with Crippen LogP contribution in [0.4, 0.5) is 0 Å². The van der Waals surface area contributed by atoms with Crippen LogP contribution in [-0.4, -0.2) is 9.49 Å². The van der Waals surface area contributed by atoms with Crippen LogP contribution in [0.5, 0.6) is 0 Å². The lowest BCUT2D eigenvalue weighted by molar-refractivity contribution is 0.893. The molecule has 1 aromatic heterocycles. The lowest BCUT2D eigenvalue weighted by Gasteiger charge is -2.07. The normalized spacial score (nSPS) is 16.5. The standard InChI is InChI=1S/C25H21N2P/c1-5-11-20-17(7-1)13-15-22-24(20)25-21-12-6-2-8-18(21)14-16-23(25)27-28(26-22)19-9-3-4-10-19/h1-3,5-9,11-16,19,26-27H,4,10H2/t19-/m1/s1. The first-order valence-corrected chi connectivity index (χ1v) is 11.3. The molecule has 0 saturated heterocycles. The van der Waals surface area contributed by atoms with Crippen LogP contribution < -0.4 is 0 Å². The molecule has 1 heterocycles. The van der Waals surface area contributed by atoms with E-state index in [1.165, 1.54) is 56.2 Å². The minimum absolute atomic E-state index is 0.562. The maximum Gasteiger partial charge on any atom is 0.0507 e. The highest BCUT2D eigenvalue weighted by Gasteiger charge is 2.15. The predicted octanol–water partition coefficient (Wildman–Crippen LogP) is 7.96. The van der Waals surface area contributed by atoms with Crippen molar-refractivity contribution in [3.63, 3.8) is 0 Å². The summed E-state index contributed by atoms with van der Waals surface area (Å²) in [4.78, 5) is 0. The Bertz CT molecular complexity index is 1330. The summed E-state index contributed by atoms with van der Waals surface area (Å²) in [5, 5.41) is 7.84. The molecule has 0 amide bonds. The minimum atomic E-state index is -0.570. The van der Waals surface area contributed by atoms with Crippen LogP contribution in [-0.2, 0) is 0 Å². The molecule has 0 fully saturated rings. The number of allylic oxidation sites excluding steroid dienone is 2. The number of rotatable bonds is 1. The summed E-state index contributed by atoms with van der Waals surface area (Å²) >= 11 is 0. The van der Waals surface area contributed by atoms with Crippen LogP contribution in [0.1, 0.15) is 18.5 Å². The molecule has 136 valence electrons. The van der Waals surface area contributed by atoms with Crippen LogP contribution >= 0.6 is 7.85 Å². The van der Waals surface area contributed by atoms with Crippen molar-refractivity contribution in [1.29, 1.82) is 0 Å². The lowest BCUT2D eigenvalue weighted by atomic mass is 9.98. The average molecular weight is 380 g/mol. The van der Waals surface area contributed by atoms with Gasteiger partial charge < -0.3 is 9.49 Å². The van der Waals surface area contributed by atoms with Crippen LogP contribution in [0.3, 0.4) is 0 Å². The van der Waals surface area contributed by atoms with E-state index in [1.54, 1.807) is 0 Å². The molecule has 0 bridgehead atoms. The van der Waals surface area contributed by atoms with Gasteiger partial charge in [-0.1, -0.05) is 72.8 Å². The number of aromatic nitrogens is 2. The number of aromatic amines is 2. The van der Waals surface area contributed by atoms with E-state index < -0.39 is 7.85 Å². The third-order valence-electron chi connectivity index (χ3n) is 5.91. The third-order valence-corrected chi connectivity index (χ3v) is 7.97. The van der Waals surface area contributed by atoms with Crippen molar-refractivity contribution >= 4 is 51.2 Å². The Morgan fingerprint density at radius 3 is 1.79 bits per heavy atom. The van der Waals surface area contributed by atoms with Crippen molar-refractivity contribution in [3.05, 3.63) is 84.9 Å². The van der Waals surface area contributed by atoms with Crippen LogP contribution in [0.2, 0.25) is 0 Å². The molecular formula is C25H21N2P. The van der Waals surface area contributed by atoms with Crippen molar-refractivity contribution in [2.75, 3.05) is 0 Å². The zero-order chi connectivity index (χ0) is 18.5. The molecule has 0 aliphatic heterocycles. The molecule has 3 heteroatoms. The van der Waals surface area contributed by atoms with Gasteiger partial charge in [-0.3, -0.25) is 0 Å². The van der Waals surface area contributed by atoms with Gasteiger partial charge in [0.25, 0.3) is 0 Å². The van der Waals surface area contributed by atoms with Gasteiger partial charge in [0.05, 0.1) is 11.0 Å². The van der Waals surface area contributed by atoms with Crippen molar-refractivity contribution in [2.45, 2.75) is 18.5 Å². The SMILES string of the molecule is C1=C[C@@H](p2[nH]c3ccc4ccccc4c3c3c(ccc4ccccc43)[nH]2)CC1. The molecule has 6 rings (SSSR count). The fraction of sp³-hybridized carbons (Fsp3) is 0.120. The summed E-state index contributed by atoms with van der Waals surface area (Å²) in [6, 6.07) is 26.5. The molecule has 1 aliphatic carbocycles. The van der Waals surface area contributed by atoms with Gasteiger partial charge in [0, 0.05) is 24.3 Å². The minimum Gasteiger partial charge on any atom is -0.332 e. The quantitative estimate of drug-likeness (QED) is 0.276. The number of hydrogen-bond acceptors (Lipinski definition) is 0. The third kappa shape index (κ3) is 2.42. The fourth-order valence-corrected chi connectivity index (χ4v) is 6.53. The van der Waals surface area contributed by atoms with Gasteiger partial charge in [-0.15, -0.1) is 0 Å². The molecule has 2 N–H and O–H groups in total. The van der Waals surface area contributed by atoms with E-state index in [2.05, 4.69) is 94.4 Å². The van der Waals surface area contributed by atoms with Gasteiger partial charge >= 0.3 is 0 Å². The molecule has 1 aliphatic rings. The molecule has 2 nitrogen and oxygen atoms in total. The highest BCUT2D eigenvalue weighted by molar-refractivity contribution is 7.42. The first kappa shape index (κ1) is 16.0.